The van der Waals surface area contributed by atoms with Gasteiger partial charge in [0.15, 0.2) is 0 Å². The number of rotatable bonds is 10. The number of H-pyrrole nitrogens is 1. The van der Waals surface area contributed by atoms with E-state index in [1.54, 1.807) is 22.6 Å². The largest absolute Gasteiger partial charge is 0.394 e. The van der Waals surface area contributed by atoms with Crippen molar-refractivity contribution in [1.82, 2.24) is 9.55 Å². The number of ether oxygens (including phenoxy) is 2. The Morgan fingerprint density at radius 1 is 1.26 bits per heavy atom. The Balaban J connectivity index is 1.64. The third-order valence-electron chi connectivity index (χ3n) is 5.56. The van der Waals surface area contributed by atoms with Crippen LogP contribution in [0.2, 0.25) is 0 Å². The molecule has 1 aromatic rings. The van der Waals surface area contributed by atoms with Gasteiger partial charge in [0.2, 0.25) is 0 Å². The molecule has 16 heteroatoms. The Kier molecular flexibility index (Phi) is 9.84. The van der Waals surface area contributed by atoms with Gasteiger partial charge in [0.05, 0.1) is 35.3 Å². The lowest BCUT2D eigenvalue weighted by atomic mass is 9.96. The maximum atomic E-state index is 13.1. The minimum atomic E-state index is -3.63. The zero-order chi connectivity index (χ0) is 25.3. The van der Waals surface area contributed by atoms with Crippen LogP contribution in [0, 0.1) is 3.57 Å². The summed E-state index contributed by atoms with van der Waals surface area (Å²) in [6.07, 6.45) is -2.75. The van der Waals surface area contributed by atoms with Crippen molar-refractivity contribution in [2.45, 2.75) is 56.4 Å². The van der Waals surface area contributed by atoms with Gasteiger partial charge in [-0.15, -0.1) is 0 Å². The van der Waals surface area contributed by atoms with Crippen molar-refractivity contribution in [3.8, 4) is 0 Å². The van der Waals surface area contributed by atoms with Crippen LogP contribution < -0.4 is 11.2 Å². The Morgan fingerprint density at radius 3 is 2.59 bits per heavy atom. The minimum Gasteiger partial charge on any atom is -0.394 e. The quantitative estimate of drug-likeness (QED) is 0.218. The van der Waals surface area contributed by atoms with Crippen LogP contribution in [-0.4, -0.2) is 85.6 Å². The smallest absolute Gasteiger partial charge is 0.330 e. The van der Waals surface area contributed by atoms with Gasteiger partial charge in [-0.3, -0.25) is 18.9 Å². The lowest BCUT2D eigenvalue weighted by molar-refractivity contribution is -0.0452. The predicted octanol–water partition coefficient (Wildman–Crippen LogP) is 1.36. The average Bonchev–Trinajstić information content (AvgIpc) is 3.30. The fourth-order valence-corrected chi connectivity index (χ4v) is 6.58. The second kappa shape index (κ2) is 11.7. The molecule has 0 amide bonds. The van der Waals surface area contributed by atoms with Gasteiger partial charge >= 0.3 is 13.3 Å². The van der Waals surface area contributed by atoms with Crippen LogP contribution in [-0.2, 0) is 39.4 Å². The van der Waals surface area contributed by atoms with Gasteiger partial charge < -0.3 is 28.2 Å². The van der Waals surface area contributed by atoms with Gasteiger partial charge in [-0.25, -0.2) is 4.79 Å². The third kappa shape index (κ3) is 7.33. The van der Waals surface area contributed by atoms with Crippen molar-refractivity contribution < 1.29 is 32.7 Å². The van der Waals surface area contributed by atoms with Crippen LogP contribution >= 0.6 is 36.5 Å². The minimum absolute atomic E-state index is 0.0798. The van der Waals surface area contributed by atoms with Crippen molar-refractivity contribution in [1.29, 1.82) is 0 Å². The summed E-state index contributed by atoms with van der Waals surface area (Å²) in [6.45, 7) is 4.67. The number of aliphatic hydroxyl groups excluding tert-OH is 1. The highest BCUT2D eigenvalue weighted by Crippen LogP contribution is 2.50. The molecular weight excluding hydrogens is 620 g/mol. The summed E-state index contributed by atoms with van der Waals surface area (Å²) < 4.78 is 43.3. The topological polar surface area (TPSA) is 138 Å². The molecule has 1 aromatic heterocycles. The molecule has 2 aliphatic rings. The molecule has 2 fully saturated rings. The third-order valence-corrected chi connectivity index (χ3v) is 10.5. The second-order valence-corrected chi connectivity index (χ2v) is 16.7. The molecule has 2 radical (unpaired) electrons. The van der Waals surface area contributed by atoms with E-state index in [0.29, 0.717) is 9.99 Å². The van der Waals surface area contributed by atoms with Gasteiger partial charge in [0.1, 0.15) is 26.3 Å². The molecule has 3 heterocycles. The number of nitrogens with zero attached hydrogens (tertiary/aromatic N) is 1. The fourth-order valence-electron chi connectivity index (χ4n) is 3.67. The van der Waals surface area contributed by atoms with Crippen molar-refractivity contribution >= 4 is 56.1 Å². The highest BCUT2D eigenvalue weighted by Gasteiger charge is 2.42. The van der Waals surface area contributed by atoms with E-state index in [0.717, 1.165) is 6.16 Å². The summed E-state index contributed by atoms with van der Waals surface area (Å²) in [7, 11) is 2.28. The molecule has 8 atom stereocenters. The van der Waals surface area contributed by atoms with E-state index in [4.69, 9.17) is 42.7 Å². The number of hydrogen-bond donors (Lipinski definition) is 2. The van der Waals surface area contributed by atoms with E-state index in [-0.39, 0.29) is 19.1 Å². The molecule has 2 aliphatic heterocycles. The molecular formula is C18H28BIN2O9P2S. The SMILES string of the molecule is [B]C1CC(OP(C)(=S)CC)C(COP(C)(=O)OC2CC(n3cc(I)c(=O)[nH]c3=O)OC2CO)O1. The van der Waals surface area contributed by atoms with E-state index < -0.39 is 62.3 Å². The molecule has 8 unspecified atom stereocenters. The summed E-state index contributed by atoms with van der Waals surface area (Å²) in [4.78, 5) is 26.0. The zero-order valence-electron chi connectivity index (χ0n) is 19.0. The first-order chi connectivity index (χ1) is 15.8. The standard InChI is InChI=1S/C18H28BIN2O9P2S/c1-4-32(2,34)30-11-5-15(19)28-14(11)9-27-33(3,26)31-12-6-16(29-13(12)8-23)22-7-10(20)17(24)21-18(22)25/h7,11-16,23H,4-6,8-9H2,1-3H3,(H,21,24,25). The number of aliphatic hydroxyl groups is 1. The molecule has 0 saturated carbocycles. The Labute approximate surface area is 217 Å². The number of nitrogens with one attached hydrogen (secondary N) is 1. The summed E-state index contributed by atoms with van der Waals surface area (Å²) in [5, 5.41) is 9.72. The van der Waals surface area contributed by atoms with Crippen LogP contribution in [0.4, 0.5) is 0 Å². The summed E-state index contributed by atoms with van der Waals surface area (Å²) in [6, 6.07) is -0.538. The maximum absolute atomic E-state index is 13.1. The summed E-state index contributed by atoms with van der Waals surface area (Å²) in [5.74, 6) is 0. The molecule has 0 aliphatic carbocycles. The number of aromatic amines is 1. The van der Waals surface area contributed by atoms with Crippen LogP contribution in [0.1, 0.15) is 26.0 Å². The second-order valence-electron chi connectivity index (χ2n) is 8.32. The number of hydrogen-bond acceptors (Lipinski definition) is 10. The maximum Gasteiger partial charge on any atom is 0.330 e. The average molecular weight is 648 g/mol. The van der Waals surface area contributed by atoms with Gasteiger partial charge in [-0.2, -0.15) is 0 Å². The highest BCUT2D eigenvalue weighted by atomic mass is 127. The molecule has 34 heavy (non-hydrogen) atoms. The normalized spacial score (nSPS) is 33.0. The summed E-state index contributed by atoms with van der Waals surface area (Å²) in [5.41, 5.74) is -1.17. The summed E-state index contributed by atoms with van der Waals surface area (Å²) >= 11 is 7.32. The zero-order valence-corrected chi connectivity index (χ0v) is 23.8. The van der Waals surface area contributed by atoms with Crippen molar-refractivity contribution in [2.24, 2.45) is 0 Å². The van der Waals surface area contributed by atoms with Crippen LogP contribution in [0.25, 0.3) is 0 Å². The number of aromatic nitrogens is 2. The number of halogens is 1. The molecule has 3 rings (SSSR count). The molecule has 2 N–H and O–H groups in total. The molecule has 190 valence electrons. The Hall–Kier alpha value is 0.115. The van der Waals surface area contributed by atoms with Gasteiger partial charge in [0.25, 0.3) is 5.56 Å². The Bertz CT molecular complexity index is 1090. The molecule has 11 nitrogen and oxygen atoms in total. The molecule has 0 bridgehead atoms. The lowest BCUT2D eigenvalue weighted by Crippen LogP contribution is -2.33. The van der Waals surface area contributed by atoms with Gasteiger partial charge in [-0.05, 0) is 41.8 Å². The molecule has 0 spiro atoms. The van der Waals surface area contributed by atoms with Gasteiger partial charge in [0, 0.05) is 25.3 Å². The van der Waals surface area contributed by atoms with Crippen molar-refractivity contribution in [3.63, 3.8) is 0 Å². The first-order valence-corrected chi connectivity index (χ1v) is 17.1. The van der Waals surface area contributed by atoms with Crippen LogP contribution in [0.15, 0.2) is 15.8 Å². The first-order valence-electron chi connectivity index (χ1n) is 10.7. The first kappa shape index (κ1) is 28.7. The van der Waals surface area contributed by atoms with E-state index in [2.05, 4.69) is 4.98 Å². The predicted molar refractivity (Wildman–Crippen MR) is 139 cm³/mol. The monoisotopic (exact) mass is 648 g/mol. The lowest BCUT2D eigenvalue weighted by Gasteiger charge is -2.26. The fraction of sp³-hybridized carbons (Fsp3) is 0.778. The van der Waals surface area contributed by atoms with Gasteiger partial charge in [-0.1, -0.05) is 18.7 Å². The molecule has 2 saturated heterocycles. The van der Waals surface area contributed by atoms with Crippen molar-refractivity contribution in [3.05, 3.63) is 30.6 Å². The van der Waals surface area contributed by atoms with E-state index >= 15 is 0 Å². The highest BCUT2D eigenvalue weighted by molar-refractivity contribution is 14.1. The van der Waals surface area contributed by atoms with Crippen LogP contribution in [0.3, 0.4) is 0 Å². The van der Waals surface area contributed by atoms with Crippen molar-refractivity contribution in [2.75, 3.05) is 32.7 Å². The van der Waals surface area contributed by atoms with E-state index in [9.17, 15) is 19.3 Å². The van der Waals surface area contributed by atoms with Crippen LogP contribution in [0.5, 0.6) is 0 Å². The van der Waals surface area contributed by atoms with E-state index in [1.807, 2.05) is 13.6 Å². The molecule has 0 aromatic carbocycles. The van der Waals surface area contributed by atoms with E-state index in [1.165, 1.54) is 17.4 Å². The Morgan fingerprint density at radius 2 is 1.94 bits per heavy atom.